The van der Waals surface area contributed by atoms with Crippen LogP contribution in [-0.2, 0) is 7.05 Å². The number of hydrogen-bond acceptors (Lipinski definition) is 2. The molecular weight excluding hydrogens is 174 g/mol. The molecule has 14 heavy (non-hydrogen) atoms. The topological polar surface area (TPSA) is 29.9 Å². The molecule has 2 atom stereocenters. The lowest BCUT2D eigenvalue weighted by Crippen LogP contribution is -2.23. The summed E-state index contributed by atoms with van der Waals surface area (Å²) in [4.78, 5) is 0. The van der Waals surface area contributed by atoms with Crippen molar-refractivity contribution in [2.75, 3.05) is 7.05 Å². The fourth-order valence-electron chi connectivity index (χ4n) is 2.00. The molecule has 0 radical (unpaired) electrons. The highest BCUT2D eigenvalue weighted by atomic mass is 15.2. The van der Waals surface area contributed by atoms with Gasteiger partial charge in [0.2, 0.25) is 0 Å². The number of aromatic nitrogens is 2. The van der Waals surface area contributed by atoms with E-state index in [1.54, 1.807) is 0 Å². The standard InChI is InChI=1S/C11H21N3/c1-5-6-9(2)11(12-3)10-7-13-14(4)8-10/h7-9,11-12H,5-6H2,1-4H3. The Morgan fingerprint density at radius 2 is 2.29 bits per heavy atom. The van der Waals surface area contributed by atoms with E-state index in [1.807, 2.05) is 25.0 Å². The van der Waals surface area contributed by atoms with Crippen molar-refractivity contribution >= 4 is 0 Å². The number of aryl methyl sites for hydroxylation is 1. The summed E-state index contributed by atoms with van der Waals surface area (Å²) in [7, 11) is 3.98. The first-order valence-corrected chi connectivity index (χ1v) is 5.34. The molecule has 3 heteroatoms. The third kappa shape index (κ3) is 2.58. The van der Waals surface area contributed by atoms with E-state index in [9.17, 15) is 0 Å². The highest BCUT2D eigenvalue weighted by molar-refractivity contribution is 5.11. The average Bonchev–Trinajstić information content (AvgIpc) is 2.54. The maximum atomic E-state index is 4.20. The number of rotatable bonds is 5. The summed E-state index contributed by atoms with van der Waals surface area (Å²) in [6.45, 7) is 4.52. The molecule has 1 aromatic heterocycles. The van der Waals surface area contributed by atoms with Crippen molar-refractivity contribution in [3.8, 4) is 0 Å². The molecule has 0 aliphatic heterocycles. The molecule has 3 nitrogen and oxygen atoms in total. The van der Waals surface area contributed by atoms with Crippen LogP contribution in [0.3, 0.4) is 0 Å². The summed E-state index contributed by atoms with van der Waals surface area (Å²) < 4.78 is 1.86. The van der Waals surface area contributed by atoms with E-state index in [-0.39, 0.29) is 0 Å². The predicted molar refractivity (Wildman–Crippen MR) is 59.1 cm³/mol. The molecule has 0 aliphatic carbocycles. The Balaban J connectivity index is 2.71. The zero-order chi connectivity index (χ0) is 10.6. The SMILES string of the molecule is CCCC(C)C(NC)c1cnn(C)c1. The van der Waals surface area contributed by atoms with Crippen LogP contribution in [0.25, 0.3) is 0 Å². The van der Waals surface area contributed by atoms with Crippen molar-refractivity contribution in [1.29, 1.82) is 0 Å². The van der Waals surface area contributed by atoms with Gasteiger partial charge in [0.15, 0.2) is 0 Å². The van der Waals surface area contributed by atoms with Crippen LogP contribution in [0.4, 0.5) is 0 Å². The highest BCUT2D eigenvalue weighted by Gasteiger charge is 2.17. The molecule has 1 aromatic rings. The van der Waals surface area contributed by atoms with Gasteiger partial charge in [0.1, 0.15) is 0 Å². The van der Waals surface area contributed by atoms with E-state index in [0.717, 1.165) is 0 Å². The summed E-state index contributed by atoms with van der Waals surface area (Å²) in [5.41, 5.74) is 1.29. The van der Waals surface area contributed by atoms with Crippen molar-refractivity contribution in [2.45, 2.75) is 32.7 Å². The lowest BCUT2D eigenvalue weighted by molar-refractivity contribution is 0.384. The maximum Gasteiger partial charge on any atom is 0.0537 e. The van der Waals surface area contributed by atoms with Crippen LogP contribution < -0.4 is 5.32 Å². The van der Waals surface area contributed by atoms with E-state index < -0.39 is 0 Å². The van der Waals surface area contributed by atoms with Gasteiger partial charge in [-0.15, -0.1) is 0 Å². The van der Waals surface area contributed by atoms with Crippen LogP contribution in [-0.4, -0.2) is 16.8 Å². The number of hydrogen-bond donors (Lipinski definition) is 1. The van der Waals surface area contributed by atoms with Gasteiger partial charge >= 0.3 is 0 Å². The second kappa shape index (κ2) is 5.15. The van der Waals surface area contributed by atoms with Crippen molar-refractivity contribution < 1.29 is 0 Å². The Hall–Kier alpha value is -0.830. The molecule has 2 unspecified atom stereocenters. The summed E-state index contributed by atoms with van der Waals surface area (Å²) >= 11 is 0. The largest absolute Gasteiger partial charge is 0.313 e. The smallest absolute Gasteiger partial charge is 0.0537 e. The van der Waals surface area contributed by atoms with Gasteiger partial charge in [0, 0.05) is 24.8 Å². The van der Waals surface area contributed by atoms with Gasteiger partial charge in [-0.25, -0.2) is 0 Å². The fraction of sp³-hybridized carbons (Fsp3) is 0.727. The molecule has 0 aromatic carbocycles. The zero-order valence-corrected chi connectivity index (χ0v) is 9.62. The van der Waals surface area contributed by atoms with Gasteiger partial charge in [0.25, 0.3) is 0 Å². The summed E-state index contributed by atoms with van der Waals surface area (Å²) in [5, 5.41) is 7.57. The molecule has 0 spiro atoms. The van der Waals surface area contributed by atoms with Crippen LogP contribution in [0.2, 0.25) is 0 Å². The first-order valence-electron chi connectivity index (χ1n) is 5.34. The Bertz CT molecular complexity index is 267. The molecule has 0 saturated heterocycles. The summed E-state index contributed by atoms with van der Waals surface area (Å²) in [5.74, 6) is 0.661. The van der Waals surface area contributed by atoms with Crippen molar-refractivity contribution in [1.82, 2.24) is 15.1 Å². The summed E-state index contributed by atoms with van der Waals surface area (Å²) in [6.07, 6.45) is 6.53. The number of nitrogens with zero attached hydrogens (tertiary/aromatic N) is 2. The molecule has 0 aliphatic rings. The van der Waals surface area contributed by atoms with E-state index in [2.05, 4.69) is 30.5 Å². The minimum absolute atomic E-state index is 0.434. The van der Waals surface area contributed by atoms with E-state index in [4.69, 9.17) is 0 Å². The average molecular weight is 195 g/mol. The van der Waals surface area contributed by atoms with E-state index in [0.29, 0.717) is 12.0 Å². The zero-order valence-electron chi connectivity index (χ0n) is 9.62. The molecule has 1 heterocycles. The molecule has 1 N–H and O–H groups in total. The van der Waals surface area contributed by atoms with Crippen molar-refractivity contribution in [2.24, 2.45) is 13.0 Å². The quantitative estimate of drug-likeness (QED) is 0.780. The Morgan fingerprint density at radius 3 is 2.71 bits per heavy atom. The molecule has 0 saturated carbocycles. The van der Waals surface area contributed by atoms with Gasteiger partial charge in [-0.3, -0.25) is 4.68 Å². The predicted octanol–water partition coefficient (Wildman–Crippen LogP) is 2.12. The first kappa shape index (κ1) is 11.2. The number of nitrogens with one attached hydrogen (secondary N) is 1. The minimum Gasteiger partial charge on any atom is -0.313 e. The van der Waals surface area contributed by atoms with E-state index >= 15 is 0 Å². The normalized spacial score (nSPS) is 15.4. The second-order valence-corrected chi connectivity index (χ2v) is 3.98. The third-order valence-electron chi connectivity index (χ3n) is 2.71. The monoisotopic (exact) mass is 195 g/mol. The van der Waals surface area contributed by atoms with Crippen LogP contribution in [0.5, 0.6) is 0 Å². The Morgan fingerprint density at radius 1 is 1.57 bits per heavy atom. The van der Waals surface area contributed by atoms with Gasteiger partial charge < -0.3 is 5.32 Å². The molecule has 1 rings (SSSR count). The van der Waals surface area contributed by atoms with Gasteiger partial charge in [-0.2, -0.15) is 5.10 Å². The molecule has 0 amide bonds. The Labute approximate surface area is 86.5 Å². The second-order valence-electron chi connectivity index (χ2n) is 3.98. The van der Waals surface area contributed by atoms with Gasteiger partial charge in [-0.05, 0) is 19.4 Å². The lowest BCUT2D eigenvalue weighted by Gasteiger charge is -2.21. The van der Waals surface area contributed by atoms with Crippen LogP contribution >= 0.6 is 0 Å². The van der Waals surface area contributed by atoms with Crippen LogP contribution in [0.1, 0.15) is 38.3 Å². The van der Waals surface area contributed by atoms with Crippen molar-refractivity contribution in [3.05, 3.63) is 18.0 Å². The fourth-order valence-corrected chi connectivity index (χ4v) is 2.00. The third-order valence-corrected chi connectivity index (χ3v) is 2.71. The maximum absolute atomic E-state index is 4.20. The minimum atomic E-state index is 0.434. The van der Waals surface area contributed by atoms with Crippen molar-refractivity contribution in [3.63, 3.8) is 0 Å². The van der Waals surface area contributed by atoms with Crippen LogP contribution in [0.15, 0.2) is 12.4 Å². The Kier molecular flexibility index (Phi) is 4.14. The highest BCUT2D eigenvalue weighted by Crippen LogP contribution is 2.24. The molecule has 80 valence electrons. The van der Waals surface area contributed by atoms with Gasteiger partial charge in [0.05, 0.1) is 6.20 Å². The molecule has 0 fully saturated rings. The van der Waals surface area contributed by atoms with E-state index in [1.165, 1.54) is 18.4 Å². The van der Waals surface area contributed by atoms with Gasteiger partial charge in [-0.1, -0.05) is 20.3 Å². The van der Waals surface area contributed by atoms with Crippen LogP contribution in [0, 0.1) is 5.92 Å². The first-order chi connectivity index (χ1) is 6.69. The molecular formula is C11H21N3. The summed E-state index contributed by atoms with van der Waals surface area (Å²) in [6, 6.07) is 0.434. The lowest BCUT2D eigenvalue weighted by atomic mass is 9.93. The molecule has 0 bridgehead atoms.